The molecular weight excluding hydrogens is 286 g/mol. The highest BCUT2D eigenvalue weighted by atomic mass is 79.9. The Morgan fingerprint density at radius 2 is 2.12 bits per heavy atom. The fraction of sp³-hybridized carbons (Fsp3) is 0.417. The molecule has 0 saturated heterocycles. The van der Waals surface area contributed by atoms with Crippen molar-refractivity contribution in [2.75, 3.05) is 12.3 Å². The number of ether oxygens (including phenoxy) is 2. The van der Waals surface area contributed by atoms with Crippen molar-refractivity contribution in [2.24, 2.45) is 0 Å². The molecule has 1 aromatic rings. The molecule has 0 radical (unpaired) electrons. The van der Waals surface area contributed by atoms with E-state index in [0.717, 1.165) is 0 Å². The van der Waals surface area contributed by atoms with Crippen LogP contribution >= 0.6 is 15.9 Å². The molecule has 2 N–H and O–H groups in total. The Bertz CT molecular complexity index is 418. The van der Waals surface area contributed by atoms with Crippen molar-refractivity contribution in [1.29, 1.82) is 0 Å². The molecule has 0 aliphatic rings. The smallest absolute Gasteiger partial charge is 0.341 e. The number of carbonyl (C=O) groups excluding carboxylic acids is 1. The maximum atomic E-state index is 11.9. The summed E-state index contributed by atoms with van der Waals surface area (Å²) in [4.78, 5) is 11.9. The summed E-state index contributed by atoms with van der Waals surface area (Å²) in [5.41, 5.74) is 6.45. The Kier molecular flexibility index (Phi) is 4.81. The molecule has 0 fully saturated rings. The van der Waals surface area contributed by atoms with Crippen molar-refractivity contribution in [3.05, 3.63) is 22.2 Å². The Morgan fingerprint density at radius 3 is 2.65 bits per heavy atom. The first-order valence-electron chi connectivity index (χ1n) is 5.39. The zero-order chi connectivity index (χ0) is 13.0. The van der Waals surface area contributed by atoms with E-state index in [1.165, 1.54) is 0 Å². The molecule has 0 atom stereocenters. The minimum atomic E-state index is -0.453. The monoisotopic (exact) mass is 301 g/mol. The van der Waals surface area contributed by atoms with Crippen LogP contribution < -0.4 is 10.5 Å². The molecule has 0 unspecified atom stereocenters. The lowest BCUT2D eigenvalue weighted by Crippen LogP contribution is -2.14. The Morgan fingerprint density at radius 1 is 1.47 bits per heavy atom. The van der Waals surface area contributed by atoms with Gasteiger partial charge < -0.3 is 15.2 Å². The topological polar surface area (TPSA) is 61.5 Å². The van der Waals surface area contributed by atoms with Crippen LogP contribution in [0.2, 0.25) is 0 Å². The largest absolute Gasteiger partial charge is 0.493 e. The average molecular weight is 302 g/mol. The number of rotatable bonds is 4. The maximum Gasteiger partial charge on any atom is 0.341 e. The van der Waals surface area contributed by atoms with Crippen LogP contribution in [0.25, 0.3) is 0 Å². The van der Waals surface area contributed by atoms with Crippen LogP contribution in [0.15, 0.2) is 16.6 Å². The first-order valence-corrected chi connectivity index (χ1v) is 6.18. The van der Waals surface area contributed by atoms with E-state index in [1.807, 2.05) is 6.92 Å². The van der Waals surface area contributed by atoms with E-state index >= 15 is 0 Å². The second-order valence-corrected chi connectivity index (χ2v) is 4.52. The van der Waals surface area contributed by atoms with Gasteiger partial charge in [-0.1, -0.05) is 0 Å². The molecule has 0 amide bonds. The SMILES string of the molecule is CCOc1ccc(N)c(C(=O)OC(C)C)c1Br. The molecule has 0 spiro atoms. The summed E-state index contributed by atoms with van der Waals surface area (Å²) in [5.74, 6) is 0.128. The van der Waals surface area contributed by atoms with Crippen molar-refractivity contribution >= 4 is 27.6 Å². The number of carbonyl (C=O) groups is 1. The summed E-state index contributed by atoms with van der Waals surface area (Å²) in [6.07, 6.45) is -0.190. The molecule has 0 aliphatic carbocycles. The third kappa shape index (κ3) is 3.36. The third-order valence-electron chi connectivity index (χ3n) is 1.99. The Labute approximate surface area is 109 Å². The summed E-state index contributed by atoms with van der Waals surface area (Å²) in [6.45, 7) is 5.96. The van der Waals surface area contributed by atoms with Crippen molar-refractivity contribution in [1.82, 2.24) is 0 Å². The summed E-state index contributed by atoms with van der Waals surface area (Å²) < 4.78 is 11.0. The number of hydrogen-bond acceptors (Lipinski definition) is 4. The number of hydrogen-bond donors (Lipinski definition) is 1. The van der Waals surface area contributed by atoms with Gasteiger partial charge in [-0.15, -0.1) is 0 Å². The first-order chi connectivity index (χ1) is 7.97. The minimum absolute atomic E-state index is 0.190. The summed E-state index contributed by atoms with van der Waals surface area (Å²) >= 11 is 3.32. The van der Waals surface area contributed by atoms with Crippen molar-refractivity contribution in [2.45, 2.75) is 26.9 Å². The van der Waals surface area contributed by atoms with Crippen molar-refractivity contribution in [3.8, 4) is 5.75 Å². The first kappa shape index (κ1) is 13.8. The second-order valence-electron chi connectivity index (χ2n) is 3.73. The molecule has 5 heteroatoms. The summed E-state index contributed by atoms with van der Waals surface area (Å²) in [6, 6.07) is 3.35. The van der Waals surface area contributed by atoms with Crippen LogP contribution in [0.1, 0.15) is 31.1 Å². The molecule has 0 saturated carbocycles. The van der Waals surface area contributed by atoms with E-state index in [2.05, 4.69) is 15.9 Å². The number of halogens is 1. The van der Waals surface area contributed by atoms with E-state index in [0.29, 0.717) is 28.1 Å². The lowest BCUT2D eigenvalue weighted by Gasteiger charge is -2.14. The minimum Gasteiger partial charge on any atom is -0.493 e. The molecule has 1 aromatic carbocycles. The van der Waals surface area contributed by atoms with Crippen LogP contribution in [-0.4, -0.2) is 18.7 Å². The summed E-state index contributed by atoms with van der Waals surface area (Å²) in [7, 11) is 0. The number of nitrogens with two attached hydrogens (primary N) is 1. The van der Waals surface area contributed by atoms with Gasteiger partial charge >= 0.3 is 5.97 Å². The maximum absolute atomic E-state index is 11.9. The predicted octanol–water partition coefficient (Wildman–Crippen LogP) is 3.00. The number of benzene rings is 1. The molecular formula is C12H16BrNO3. The molecule has 0 heterocycles. The van der Waals surface area contributed by atoms with Gasteiger partial charge in [0.2, 0.25) is 0 Å². The molecule has 0 aromatic heterocycles. The third-order valence-corrected chi connectivity index (χ3v) is 2.77. The van der Waals surface area contributed by atoms with Crippen molar-refractivity contribution < 1.29 is 14.3 Å². The van der Waals surface area contributed by atoms with Gasteiger partial charge in [-0.05, 0) is 48.8 Å². The van der Waals surface area contributed by atoms with Gasteiger partial charge in [0.15, 0.2) is 0 Å². The highest BCUT2D eigenvalue weighted by Crippen LogP contribution is 2.33. The van der Waals surface area contributed by atoms with Gasteiger partial charge in [-0.25, -0.2) is 4.79 Å². The fourth-order valence-corrected chi connectivity index (χ4v) is 1.96. The van der Waals surface area contributed by atoms with Gasteiger partial charge in [0.25, 0.3) is 0 Å². The number of esters is 1. The standard InChI is InChI=1S/C12H16BrNO3/c1-4-16-9-6-5-8(14)10(11(9)13)12(15)17-7(2)3/h5-7H,4,14H2,1-3H3. The Balaban J connectivity index is 3.13. The zero-order valence-electron chi connectivity index (χ0n) is 10.1. The van der Waals surface area contributed by atoms with E-state index in [4.69, 9.17) is 15.2 Å². The summed E-state index contributed by atoms with van der Waals surface area (Å²) in [5, 5.41) is 0. The lowest BCUT2D eigenvalue weighted by atomic mass is 10.1. The normalized spacial score (nSPS) is 10.4. The van der Waals surface area contributed by atoms with Gasteiger partial charge in [0.1, 0.15) is 11.3 Å². The van der Waals surface area contributed by atoms with Crippen LogP contribution in [0, 0.1) is 0 Å². The van der Waals surface area contributed by atoms with Gasteiger partial charge in [0, 0.05) is 5.69 Å². The highest BCUT2D eigenvalue weighted by Gasteiger charge is 2.19. The van der Waals surface area contributed by atoms with Crippen LogP contribution in [0.5, 0.6) is 5.75 Å². The van der Waals surface area contributed by atoms with E-state index in [1.54, 1.807) is 26.0 Å². The van der Waals surface area contributed by atoms with Gasteiger partial charge in [-0.2, -0.15) is 0 Å². The van der Waals surface area contributed by atoms with Crippen LogP contribution in [-0.2, 0) is 4.74 Å². The van der Waals surface area contributed by atoms with Gasteiger partial charge in [-0.3, -0.25) is 0 Å². The van der Waals surface area contributed by atoms with Crippen LogP contribution in [0.3, 0.4) is 0 Å². The zero-order valence-corrected chi connectivity index (χ0v) is 11.7. The van der Waals surface area contributed by atoms with Gasteiger partial charge in [0.05, 0.1) is 17.2 Å². The molecule has 4 nitrogen and oxygen atoms in total. The molecule has 0 bridgehead atoms. The molecule has 17 heavy (non-hydrogen) atoms. The van der Waals surface area contributed by atoms with E-state index in [-0.39, 0.29) is 6.10 Å². The molecule has 1 rings (SSSR count). The highest BCUT2D eigenvalue weighted by molar-refractivity contribution is 9.10. The van der Waals surface area contributed by atoms with E-state index in [9.17, 15) is 4.79 Å². The lowest BCUT2D eigenvalue weighted by molar-refractivity contribution is 0.0377. The van der Waals surface area contributed by atoms with Crippen LogP contribution in [0.4, 0.5) is 5.69 Å². The predicted molar refractivity (Wildman–Crippen MR) is 70.3 cm³/mol. The molecule has 94 valence electrons. The number of anilines is 1. The van der Waals surface area contributed by atoms with Crippen molar-refractivity contribution in [3.63, 3.8) is 0 Å². The number of nitrogen functional groups attached to an aromatic ring is 1. The Hall–Kier alpha value is -1.23. The quantitative estimate of drug-likeness (QED) is 0.686. The van der Waals surface area contributed by atoms with E-state index < -0.39 is 5.97 Å². The second kappa shape index (κ2) is 5.91. The average Bonchev–Trinajstić information content (AvgIpc) is 2.21. The molecule has 0 aliphatic heterocycles. The fourth-order valence-electron chi connectivity index (χ4n) is 1.32.